The quantitative estimate of drug-likeness (QED) is 0.578. The van der Waals surface area contributed by atoms with Crippen LogP contribution in [0.1, 0.15) is 57.6 Å². The summed E-state index contributed by atoms with van der Waals surface area (Å²) in [6.45, 7) is 4.22. The van der Waals surface area contributed by atoms with Crippen LogP contribution in [0.4, 0.5) is 0 Å². The fourth-order valence-electron chi connectivity index (χ4n) is 2.78. The molecular formula is C22H28O4. The first-order chi connectivity index (χ1) is 12.6. The Morgan fingerprint density at radius 1 is 0.962 bits per heavy atom. The molecule has 0 fully saturated rings. The van der Waals surface area contributed by atoms with Gasteiger partial charge in [-0.15, -0.1) is 0 Å². The molecule has 26 heavy (non-hydrogen) atoms. The molecule has 2 aromatic carbocycles. The van der Waals surface area contributed by atoms with E-state index in [1.54, 1.807) is 12.1 Å². The van der Waals surface area contributed by atoms with Crippen molar-refractivity contribution in [3.8, 4) is 11.5 Å². The van der Waals surface area contributed by atoms with Gasteiger partial charge in [0.2, 0.25) is 6.10 Å². The van der Waals surface area contributed by atoms with E-state index in [0.717, 1.165) is 37.7 Å². The van der Waals surface area contributed by atoms with Gasteiger partial charge in [-0.1, -0.05) is 63.4 Å². The van der Waals surface area contributed by atoms with Gasteiger partial charge in [-0.05, 0) is 37.1 Å². The standard InChI is InChI=1S/C22H28O4/c1-3-5-12-19(9-4-2)26-22(24)21(17-10-7-6-8-11-17)25-20-15-13-18(23)14-16-20/h6-8,10-11,13-16,19,21,23H,3-5,9,12H2,1-2H3. The highest BCUT2D eigenvalue weighted by molar-refractivity contribution is 5.77. The van der Waals surface area contributed by atoms with Gasteiger partial charge in [0.1, 0.15) is 17.6 Å². The van der Waals surface area contributed by atoms with Crippen molar-refractivity contribution in [3.63, 3.8) is 0 Å². The van der Waals surface area contributed by atoms with E-state index in [9.17, 15) is 9.90 Å². The number of ether oxygens (including phenoxy) is 2. The summed E-state index contributed by atoms with van der Waals surface area (Å²) < 4.78 is 11.7. The zero-order chi connectivity index (χ0) is 18.8. The summed E-state index contributed by atoms with van der Waals surface area (Å²) in [5.41, 5.74) is 0.747. The summed E-state index contributed by atoms with van der Waals surface area (Å²) >= 11 is 0. The molecule has 0 spiro atoms. The monoisotopic (exact) mass is 356 g/mol. The lowest BCUT2D eigenvalue weighted by Crippen LogP contribution is -2.26. The molecule has 2 atom stereocenters. The molecule has 0 aliphatic heterocycles. The van der Waals surface area contributed by atoms with Crippen LogP contribution < -0.4 is 4.74 Å². The molecule has 4 nitrogen and oxygen atoms in total. The number of hydrogen-bond acceptors (Lipinski definition) is 4. The second-order valence-electron chi connectivity index (χ2n) is 6.39. The Balaban J connectivity index is 2.16. The first kappa shape index (κ1) is 19.8. The smallest absolute Gasteiger partial charge is 0.352 e. The fraction of sp³-hybridized carbons (Fsp3) is 0.409. The van der Waals surface area contributed by atoms with E-state index in [4.69, 9.17) is 9.47 Å². The normalized spacial score (nSPS) is 13.0. The lowest BCUT2D eigenvalue weighted by Gasteiger charge is -2.23. The first-order valence-electron chi connectivity index (χ1n) is 9.35. The van der Waals surface area contributed by atoms with Crippen molar-refractivity contribution in [2.45, 2.75) is 58.2 Å². The maximum Gasteiger partial charge on any atom is 0.352 e. The van der Waals surface area contributed by atoms with Crippen LogP contribution in [0.5, 0.6) is 11.5 Å². The van der Waals surface area contributed by atoms with E-state index in [2.05, 4.69) is 13.8 Å². The van der Waals surface area contributed by atoms with E-state index in [0.29, 0.717) is 5.75 Å². The van der Waals surface area contributed by atoms with E-state index >= 15 is 0 Å². The summed E-state index contributed by atoms with van der Waals surface area (Å²) in [6, 6.07) is 15.7. The Kier molecular flexibility index (Phi) is 8.00. The minimum atomic E-state index is -0.832. The molecule has 0 aliphatic carbocycles. The van der Waals surface area contributed by atoms with Crippen LogP contribution in [-0.2, 0) is 9.53 Å². The highest BCUT2D eigenvalue weighted by atomic mass is 16.6. The van der Waals surface area contributed by atoms with Gasteiger partial charge in [0.25, 0.3) is 0 Å². The third-order valence-corrected chi connectivity index (χ3v) is 4.18. The zero-order valence-electron chi connectivity index (χ0n) is 15.6. The van der Waals surface area contributed by atoms with E-state index in [1.165, 1.54) is 12.1 Å². The maximum absolute atomic E-state index is 12.9. The van der Waals surface area contributed by atoms with Crippen LogP contribution in [0, 0.1) is 0 Å². The number of hydrogen-bond donors (Lipinski definition) is 1. The van der Waals surface area contributed by atoms with E-state index in [1.807, 2.05) is 30.3 Å². The molecule has 1 N–H and O–H groups in total. The maximum atomic E-state index is 12.9. The Hall–Kier alpha value is -2.49. The Bertz CT molecular complexity index is 652. The van der Waals surface area contributed by atoms with Crippen molar-refractivity contribution in [1.82, 2.24) is 0 Å². The number of benzene rings is 2. The molecule has 0 heterocycles. The van der Waals surface area contributed by atoms with Gasteiger partial charge in [0.15, 0.2) is 0 Å². The Morgan fingerprint density at radius 3 is 2.27 bits per heavy atom. The topological polar surface area (TPSA) is 55.8 Å². The van der Waals surface area contributed by atoms with Crippen molar-refractivity contribution >= 4 is 5.97 Å². The van der Waals surface area contributed by atoms with Crippen LogP contribution in [0.3, 0.4) is 0 Å². The molecule has 0 amide bonds. The highest BCUT2D eigenvalue weighted by Crippen LogP contribution is 2.26. The predicted molar refractivity (Wildman–Crippen MR) is 102 cm³/mol. The van der Waals surface area contributed by atoms with E-state index < -0.39 is 6.10 Å². The molecule has 0 aromatic heterocycles. The second-order valence-corrected chi connectivity index (χ2v) is 6.39. The summed E-state index contributed by atoms with van der Waals surface area (Å²) in [4.78, 5) is 12.9. The van der Waals surface area contributed by atoms with Gasteiger partial charge >= 0.3 is 5.97 Å². The summed E-state index contributed by atoms with van der Waals surface area (Å²) in [6.07, 6.45) is 3.89. The van der Waals surface area contributed by atoms with Crippen molar-refractivity contribution in [1.29, 1.82) is 0 Å². The summed E-state index contributed by atoms with van der Waals surface area (Å²) in [5, 5.41) is 9.43. The minimum Gasteiger partial charge on any atom is -0.508 e. The van der Waals surface area contributed by atoms with Crippen molar-refractivity contribution < 1.29 is 19.4 Å². The van der Waals surface area contributed by atoms with Gasteiger partial charge in [-0.3, -0.25) is 0 Å². The summed E-state index contributed by atoms with van der Waals surface area (Å²) in [7, 11) is 0. The van der Waals surface area contributed by atoms with Gasteiger partial charge < -0.3 is 14.6 Å². The molecule has 0 radical (unpaired) electrons. The molecule has 2 rings (SSSR count). The molecule has 2 unspecified atom stereocenters. The van der Waals surface area contributed by atoms with Crippen LogP contribution in [-0.4, -0.2) is 17.2 Å². The third-order valence-electron chi connectivity index (χ3n) is 4.18. The number of carbonyl (C=O) groups excluding carboxylic acids is 1. The largest absolute Gasteiger partial charge is 0.508 e. The van der Waals surface area contributed by atoms with Crippen molar-refractivity contribution in [2.75, 3.05) is 0 Å². The molecule has 0 saturated heterocycles. The average Bonchev–Trinajstić information content (AvgIpc) is 2.66. The minimum absolute atomic E-state index is 0.0814. The number of rotatable bonds is 10. The molecule has 2 aromatic rings. The van der Waals surface area contributed by atoms with Crippen LogP contribution in [0.15, 0.2) is 54.6 Å². The summed E-state index contributed by atoms with van der Waals surface area (Å²) in [5.74, 6) is 0.284. The second kappa shape index (κ2) is 10.5. The van der Waals surface area contributed by atoms with Gasteiger partial charge in [0.05, 0.1) is 0 Å². The third kappa shape index (κ3) is 6.10. The lowest BCUT2D eigenvalue weighted by molar-refractivity contribution is -0.158. The average molecular weight is 356 g/mol. The highest BCUT2D eigenvalue weighted by Gasteiger charge is 2.27. The molecule has 0 aliphatic rings. The van der Waals surface area contributed by atoms with Crippen LogP contribution in [0.2, 0.25) is 0 Å². The molecule has 140 valence electrons. The number of unbranched alkanes of at least 4 members (excludes halogenated alkanes) is 1. The van der Waals surface area contributed by atoms with Crippen LogP contribution >= 0.6 is 0 Å². The molecular weight excluding hydrogens is 328 g/mol. The Morgan fingerprint density at radius 2 is 1.65 bits per heavy atom. The fourth-order valence-corrected chi connectivity index (χ4v) is 2.78. The van der Waals surface area contributed by atoms with Crippen LogP contribution in [0.25, 0.3) is 0 Å². The number of esters is 1. The van der Waals surface area contributed by atoms with Gasteiger partial charge in [-0.2, -0.15) is 0 Å². The lowest BCUT2D eigenvalue weighted by atomic mass is 10.1. The molecule has 4 heteroatoms. The SMILES string of the molecule is CCCCC(CCC)OC(=O)C(Oc1ccc(O)cc1)c1ccccc1. The van der Waals surface area contributed by atoms with Crippen molar-refractivity contribution in [3.05, 3.63) is 60.2 Å². The van der Waals surface area contributed by atoms with E-state index in [-0.39, 0.29) is 17.8 Å². The Labute approximate surface area is 155 Å². The number of phenols is 1. The first-order valence-corrected chi connectivity index (χ1v) is 9.35. The molecule has 0 saturated carbocycles. The molecule has 0 bridgehead atoms. The van der Waals surface area contributed by atoms with Crippen molar-refractivity contribution in [2.24, 2.45) is 0 Å². The predicted octanol–water partition coefficient (Wildman–Crippen LogP) is 5.41. The van der Waals surface area contributed by atoms with Gasteiger partial charge in [0, 0.05) is 5.56 Å². The number of carbonyl (C=O) groups is 1. The number of aromatic hydroxyl groups is 1. The van der Waals surface area contributed by atoms with Gasteiger partial charge in [-0.25, -0.2) is 4.79 Å². The zero-order valence-corrected chi connectivity index (χ0v) is 15.6. The number of phenolic OH excluding ortho intramolecular Hbond substituents is 1.